The fourth-order valence-corrected chi connectivity index (χ4v) is 8.54. The van der Waals surface area contributed by atoms with Gasteiger partial charge in [-0.25, -0.2) is 13.8 Å². The van der Waals surface area contributed by atoms with Gasteiger partial charge in [0.2, 0.25) is 11.8 Å². The number of pyridine rings is 1. The highest BCUT2D eigenvalue weighted by Crippen LogP contribution is 2.47. The van der Waals surface area contributed by atoms with Crippen LogP contribution >= 0.6 is 0 Å². The molecule has 0 aliphatic carbocycles. The van der Waals surface area contributed by atoms with E-state index in [1.165, 1.54) is 0 Å². The molecule has 0 saturated carbocycles. The molecular formula is C32H35F5N8O3. The number of nitrogens with one attached hydrogen (secondary N) is 1. The van der Waals surface area contributed by atoms with Crippen LogP contribution in [0, 0.1) is 18.6 Å². The van der Waals surface area contributed by atoms with Crippen molar-refractivity contribution < 1.29 is 36.2 Å². The number of nitrogens with zero attached hydrogens (tertiary/aromatic N) is 6. The molecular weight excluding hydrogens is 639 g/mol. The molecule has 0 spiro atoms. The van der Waals surface area contributed by atoms with Crippen molar-refractivity contribution in [1.82, 2.24) is 30.1 Å². The molecule has 16 heteroatoms. The van der Waals surface area contributed by atoms with Gasteiger partial charge in [0.25, 0.3) is 0 Å². The maximum absolute atomic E-state index is 16.9. The first kappa shape index (κ1) is 31.2. The van der Waals surface area contributed by atoms with E-state index in [1.54, 1.807) is 11.9 Å². The predicted octanol–water partition coefficient (Wildman–Crippen LogP) is 3.65. The minimum Gasteiger partial charge on any atom is -0.472 e. The number of benzene rings is 1. The Morgan fingerprint density at radius 3 is 2.71 bits per heavy atom. The number of fused-ring (bicyclic) bond motifs is 6. The molecule has 0 unspecified atom stereocenters. The van der Waals surface area contributed by atoms with E-state index in [4.69, 9.17) is 20.2 Å². The van der Waals surface area contributed by atoms with Crippen LogP contribution in [0.2, 0.25) is 0 Å². The number of carbonyl (C=O) groups excluding carboxylic acids is 1. The number of hydrogen-bond acceptors (Lipinski definition) is 10. The van der Waals surface area contributed by atoms with E-state index in [9.17, 15) is 22.4 Å². The molecule has 5 aliphatic rings. The van der Waals surface area contributed by atoms with Crippen molar-refractivity contribution in [2.24, 2.45) is 0 Å². The van der Waals surface area contributed by atoms with Crippen LogP contribution in [0.25, 0.3) is 22.2 Å². The molecule has 0 radical (unpaired) electrons. The van der Waals surface area contributed by atoms with Crippen molar-refractivity contribution >= 4 is 28.3 Å². The molecule has 8 rings (SSSR count). The number of aromatic nitrogens is 3. The number of carbonyl (C=O) groups is 1. The Hall–Kier alpha value is -4.05. The van der Waals surface area contributed by atoms with Gasteiger partial charge in [-0.15, -0.1) is 0 Å². The summed E-state index contributed by atoms with van der Waals surface area (Å²) in [5.74, 6) is -2.40. The van der Waals surface area contributed by atoms with E-state index in [0.29, 0.717) is 26.1 Å². The van der Waals surface area contributed by atoms with Crippen molar-refractivity contribution in [1.29, 1.82) is 0 Å². The van der Waals surface area contributed by atoms with E-state index in [0.717, 1.165) is 38.8 Å². The number of piperazine rings is 2. The van der Waals surface area contributed by atoms with Crippen LogP contribution < -0.4 is 25.4 Å². The molecule has 2 aromatic heterocycles. The van der Waals surface area contributed by atoms with Crippen LogP contribution in [0.1, 0.15) is 43.7 Å². The van der Waals surface area contributed by atoms with Crippen LogP contribution in [0.15, 0.2) is 6.07 Å². The van der Waals surface area contributed by atoms with Gasteiger partial charge >= 0.3 is 12.2 Å². The van der Waals surface area contributed by atoms with Crippen LogP contribution in [-0.4, -0.2) is 100 Å². The summed E-state index contributed by atoms with van der Waals surface area (Å²) in [5.41, 5.74) is 0.209. The van der Waals surface area contributed by atoms with E-state index in [2.05, 4.69) is 20.2 Å². The van der Waals surface area contributed by atoms with Crippen molar-refractivity contribution in [2.75, 3.05) is 50.5 Å². The van der Waals surface area contributed by atoms with E-state index < -0.39 is 57.5 Å². The Labute approximate surface area is 272 Å². The summed E-state index contributed by atoms with van der Waals surface area (Å²) in [6.07, 6.45) is -2.48. The van der Waals surface area contributed by atoms with Crippen molar-refractivity contribution in [3.05, 3.63) is 28.8 Å². The lowest BCUT2D eigenvalue weighted by Gasteiger charge is -2.44. The second kappa shape index (κ2) is 10.7. The SMILES string of the molecule is Cc1c(F)c(N)cc(-c2nc3c4c(nc(OC[C@@]56CCCN5CCN(C)C6=O)nc4c2F)N2C[C@H]4CC[C@H](N4)[C@H]2[C@H](C)O3)c1C(F)(F)F. The molecule has 1 amide bonds. The van der Waals surface area contributed by atoms with Crippen LogP contribution in [0.3, 0.4) is 0 Å². The fourth-order valence-electron chi connectivity index (χ4n) is 8.54. The molecule has 5 aliphatic heterocycles. The summed E-state index contributed by atoms with van der Waals surface area (Å²) >= 11 is 0. The number of amides is 1. The number of ether oxygens (including phenoxy) is 2. The predicted molar refractivity (Wildman–Crippen MR) is 165 cm³/mol. The largest absolute Gasteiger partial charge is 0.472 e. The first-order valence-electron chi connectivity index (χ1n) is 16.2. The summed E-state index contributed by atoms with van der Waals surface area (Å²) in [4.78, 5) is 32.8. The summed E-state index contributed by atoms with van der Waals surface area (Å²) in [5, 5.41) is 3.69. The molecule has 48 heavy (non-hydrogen) atoms. The van der Waals surface area contributed by atoms with E-state index in [-0.39, 0.29) is 59.3 Å². The maximum Gasteiger partial charge on any atom is 0.417 e. The number of anilines is 2. The molecule has 1 aromatic carbocycles. The van der Waals surface area contributed by atoms with Crippen LogP contribution in [0.5, 0.6) is 11.9 Å². The number of alkyl halides is 3. The summed E-state index contributed by atoms with van der Waals surface area (Å²) < 4.78 is 87.5. The highest BCUT2D eigenvalue weighted by Gasteiger charge is 2.52. The molecule has 256 valence electrons. The number of hydrogen-bond donors (Lipinski definition) is 2. The molecule has 11 nitrogen and oxygen atoms in total. The zero-order valence-corrected chi connectivity index (χ0v) is 26.6. The lowest BCUT2D eigenvalue weighted by atomic mass is 9.93. The van der Waals surface area contributed by atoms with Crippen molar-refractivity contribution in [3.63, 3.8) is 0 Å². The maximum atomic E-state index is 16.9. The van der Waals surface area contributed by atoms with Crippen molar-refractivity contribution in [2.45, 2.75) is 75.5 Å². The first-order valence-corrected chi connectivity index (χ1v) is 16.2. The van der Waals surface area contributed by atoms with Gasteiger partial charge in [-0.05, 0) is 57.7 Å². The summed E-state index contributed by atoms with van der Waals surface area (Å²) in [7, 11) is 1.74. The average Bonchev–Trinajstić information content (AvgIpc) is 3.61. The van der Waals surface area contributed by atoms with Gasteiger partial charge in [0.15, 0.2) is 5.82 Å². The smallest absolute Gasteiger partial charge is 0.417 e. The molecule has 3 N–H and O–H groups in total. The van der Waals surface area contributed by atoms with Gasteiger partial charge in [-0.1, -0.05) is 0 Å². The Morgan fingerprint density at radius 2 is 1.94 bits per heavy atom. The molecule has 2 bridgehead atoms. The second-order valence-corrected chi connectivity index (χ2v) is 13.6. The van der Waals surface area contributed by atoms with Gasteiger partial charge < -0.3 is 30.3 Å². The molecule has 4 fully saturated rings. The quantitative estimate of drug-likeness (QED) is 0.314. The molecule has 7 heterocycles. The zero-order valence-electron chi connectivity index (χ0n) is 26.6. The Kier molecular flexibility index (Phi) is 6.98. The summed E-state index contributed by atoms with van der Waals surface area (Å²) in [6.45, 7) is 5.16. The monoisotopic (exact) mass is 674 g/mol. The molecule has 3 aromatic rings. The number of halogens is 5. The highest BCUT2D eigenvalue weighted by atomic mass is 19.4. The van der Waals surface area contributed by atoms with Crippen molar-refractivity contribution in [3.8, 4) is 23.1 Å². The molecule has 5 atom stereocenters. The summed E-state index contributed by atoms with van der Waals surface area (Å²) in [6, 6.07) is 0.367. The number of likely N-dealkylation sites (N-methyl/N-ethyl adjacent to an activating group) is 1. The Morgan fingerprint density at radius 1 is 1.15 bits per heavy atom. The average molecular weight is 675 g/mol. The topological polar surface area (TPSA) is 122 Å². The van der Waals surface area contributed by atoms with Crippen LogP contribution in [-0.2, 0) is 11.0 Å². The van der Waals surface area contributed by atoms with Gasteiger partial charge in [-0.2, -0.15) is 23.1 Å². The lowest BCUT2D eigenvalue weighted by Crippen LogP contribution is -2.64. The molecule has 4 saturated heterocycles. The third kappa shape index (κ3) is 4.51. The van der Waals surface area contributed by atoms with Gasteiger partial charge in [0, 0.05) is 44.3 Å². The van der Waals surface area contributed by atoms with E-state index >= 15 is 4.39 Å². The van der Waals surface area contributed by atoms with Gasteiger partial charge in [0.05, 0.1) is 17.3 Å². The minimum absolute atomic E-state index is 0.00414. The standard InChI is InChI=1S/C32H35F5N8O3/c1-14-21(32(35,36)37)17(11-18(38)22(14)33)24-23(34)25-20-27(45-12-16-5-6-19(39-16)26(45)15(2)48-28(20)40-24)42-30(41-25)47-13-31-7-4-8-44(31)10-9-43(3)29(31)46/h11,15-16,19,26,39H,4-10,12-13,38H2,1-3H3/t15-,16+,19-,26+,31+/m0/s1. The Bertz CT molecular complexity index is 1860. The van der Waals surface area contributed by atoms with Gasteiger partial charge in [0.1, 0.15) is 46.5 Å². The fraction of sp³-hybridized carbons (Fsp3) is 0.562. The first-order chi connectivity index (χ1) is 22.8. The second-order valence-electron chi connectivity index (χ2n) is 13.6. The zero-order chi connectivity index (χ0) is 33.9. The normalized spacial score (nSPS) is 28.4. The third-order valence-corrected chi connectivity index (χ3v) is 10.8. The third-order valence-electron chi connectivity index (χ3n) is 10.8. The minimum atomic E-state index is -5.07. The van der Waals surface area contributed by atoms with Gasteiger partial charge in [-0.3, -0.25) is 9.69 Å². The number of nitrogens with two attached hydrogens (primary N) is 1. The lowest BCUT2D eigenvalue weighted by molar-refractivity contribution is -0.149. The van der Waals surface area contributed by atoms with Crippen LogP contribution in [0.4, 0.5) is 33.5 Å². The highest BCUT2D eigenvalue weighted by molar-refractivity contribution is 5.98. The number of nitrogen functional groups attached to an aromatic ring is 1. The number of rotatable bonds is 4. The Balaban J connectivity index is 1.33. The van der Waals surface area contributed by atoms with E-state index in [1.807, 2.05) is 11.8 Å².